The number of rotatable bonds is 11. The van der Waals surface area contributed by atoms with Gasteiger partial charge in [-0.2, -0.15) is 0 Å². The number of phenolic OH excluding ortho intramolecular Hbond substituents is 1. The average molecular weight is 623 g/mol. The Morgan fingerprint density at radius 2 is 1.64 bits per heavy atom. The molecule has 0 aliphatic carbocycles. The Kier molecular flexibility index (Phi) is 10.9. The molecule has 2 heterocycles. The van der Waals surface area contributed by atoms with E-state index in [1.807, 2.05) is 0 Å². The maximum atomic E-state index is 12.6. The number of esters is 2. The lowest BCUT2D eigenvalue weighted by Crippen LogP contribution is -2.63. The topological polar surface area (TPSA) is 231 Å². The van der Waals surface area contributed by atoms with Crippen molar-refractivity contribution in [3.8, 4) is 11.5 Å². The fourth-order valence-electron chi connectivity index (χ4n) is 4.78. The van der Waals surface area contributed by atoms with Gasteiger partial charge < -0.3 is 64.2 Å². The van der Waals surface area contributed by atoms with Crippen LogP contribution in [0.2, 0.25) is 0 Å². The van der Waals surface area contributed by atoms with Gasteiger partial charge in [-0.25, -0.2) is 9.59 Å². The van der Waals surface area contributed by atoms with Gasteiger partial charge in [0.1, 0.15) is 37.1 Å². The number of benzene rings is 2. The highest BCUT2D eigenvalue weighted by molar-refractivity contribution is 5.89. The molecule has 15 heteroatoms. The van der Waals surface area contributed by atoms with Crippen LogP contribution in [0, 0.1) is 0 Å². The first-order valence-corrected chi connectivity index (χ1v) is 13.5. The average Bonchev–Trinajstić information content (AvgIpc) is 3.30. The van der Waals surface area contributed by atoms with Crippen molar-refractivity contribution in [3.05, 3.63) is 65.7 Å². The summed E-state index contributed by atoms with van der Waals surface area (Å²) in [6.45, 7) is -2.69. The van der Waals surface area contributed by atoms with Crippen molar-refractivity contribution in [2.24, 2.45) is 0 Å². The van der Waals surface area contributed by atoms with Gasteiger partial charge in [-0.05, 0) is 35.9 Å². The van der Waals surface area contributed by atoms with Crippen molar-refractivity contribution in [2.45, 2.75) is 54.8 Å². The van der Waals surface area contributed by atoms with Gasteiger partial charge in [0.05, 0.1) is 25.9 Å². The highest BCUT2D eigenvalue weighted by Crippen LogP contribution is 2.38. The molecule has 2 aromatic rings. The summed E-state index contributed by atoms with van der Waals surface area (Å²) >= 11 is 0. The molecule has 2 aliphatic heterocycles. The van der Waals surface area contributed by atoms with Crippen molar-refractivity contribution in [2.75, 3.05) is 26.9 Å². The largest absolute Gasteiger partial charge is 0.504 e. The van der Waals surface area contributed by atoms with E-state index >= 15 is 0 Å². The zero-order valence-electron chi connectivity index (χ0n) is 23.4. The van der Waals surface area contributed by atoms with Gasteiger partial charge in [-0.1, -0.05) is 24.3 Å². The van der Waals surface area contributed by atoms with E-state index in [0.717, 1.165) is 6.08 Å². The van der Waals surface area contributed by atoms with Crippen LogP contribution in [0.15, 0.2) is 54.6 Å². The third-order valence-electron chi connectivity index (χ3n) is 7.14. The number of phenols is 1. The van der Waals surface area contributed by atoms with Gasteiger partial charge >= 0.3 is 11.9 Å². The number of ether oxygens (including phenoxy) is 6. The maximum absolute atomic E-state index is 12.6. The lowest BCUT2D eigenvalue weighted by atomic mass is 9.98. The molecule has 2 saturated heterocycles. The predicted octanol–water partition coefficient (Wildman–Crippen LogP) is -1.55. The van der Waals surface area contributed by atoms with E-state index in [1.165, 1.54) is 43.5 Å². The van der Waals surface area contributed by atoms with Crippen molar-refractivity contribution in [3.63, 3.8) is 0 Å². The Labute approximate surface area is 251 Å². The number of methoxy groups -OCH3 is 1. The van der Waals surface area contributed by atoms with Crippen LogP contribution < -0.4 is 4.74 Å². The first kappa shape index (κ1) is 33.3. The highest BCUT2D eigenvalue weighted by atomic mass is 16.8. The normalized spacial score (nSPS) is 32.0. The molecule has 7 N–H and O–H groups in total. The lowest BCUT2D eigenvalue weighted by molar-refractivity contribution is -0.383. The molecular formula is C29H34O15. The van der Waals surface area contributed by atoms with E-state index in [1.54, 1.807) is 18.2 Å². The zero-order valence-corrected chi connectivity index (χ0v) is 23.4. The monoisotopic (exact) mass is 622 g/mol. The summed E-state index contributed by atoms with van der Waals surface area (Å²) in [6.07, 6.45) is -11.4. The molecule has 2 aliphatic rings. The third-order valence-corrected chi connectivity index (χ3v) is 7.14. The van der Waals surface area contributed by atoms with E-state index in [4.69, 9.17) is 28.4 Å². The number of hydrogen-bond acceptors (Lipinski definition) is 15. The number of hydrogen-bond donors (Lipinski definition) is 7. The lowest BCUT2D eigenvalue weighted by Gasteiger charge is -2.44. The van der Waals surface area contributed by atoms with Gasteiger partial charge in [0.15, 0.2) is 30.0 Å². The van der Waals surface area contributed by atoms with Crippen LogP contribution in [-0.4, -0.2) is 129 Å². The molecule has 0 radical (unpaired) electrons. The molecule has 44 heavy (non-hydrogen) atoms. The third kappa shape index (κ3) is 7.02. The van der Waals surface area contributed by atoms with E-state index < -0.39 is 86.6 Å². The van der Waals surface area contributed by atoms with Gasteiger partial charge in [0, 0.05) is 6.08 Å². The Balaban J connectivity index is 1.50. The minimum atomic E-state index is -2.44. The minimum Gasteiger partial charge on any atom is -0.504 e. The summed E-state index contributed by atoms with van der Waals surface area (Å²) in [4.78, 5) is 25.3. The fraction of sp³-hybridized carbons (Fsp3) is 0.448. The Bertz CT molecular complexity index is 1300. The number of aromatic hydroxyl groups is 1. The Hall–Kier alpha value is -3.64. The zero-order chi connectivity index (χ0) is 32.0. The molecule has 0 aromatic heterocycles. The van der Waals surface area contributed by atoms with Gasteiger partial charge in [0.2, 0.25) is 5.79 Å². The summed E-state index contributed by atoms with van der Waals surface area (Å²) in [6, 6.07) is 12.0. The molecule has 9 atom stereocenters. The minimum absolute atomic E-state index is 0.121. The number of carbonyl (C=O) groups excluding carboxylic acids is 2. The highest BCUT2D eigenvalue weighted by Gasteiger charge is 2.60. The molecule has 0 amide bonds. The SMILES string of the molecule is COc1cc(/C=C/C(=O)O[C@@H]2[C@@H](O)[C@@H](O[C@]3(CO)O[C@H](CO)[C@@H](OC(=O)c4ccccc4)[C@@H]3O)O[C@H](CO)[C@H]2O)ccc1O. The van der Waals surface area contributed by atoms with Crippen LogP contribution in [0.25, 0.3) is 6.08 Å². The van der Waals surface area contributed by atoms with Crippen LogP contribution in [-0.2, 0) is 28.5 Å². The summed E-state index contributed by atoms with van der Waals surface area (Å²) in [7, 11) is 1.35. The summed E-state index contributed by atoms with van der Waals surface area (Å²) in [5.41, 5.74) is 0.574. The summed E-state index contributed by atoms with van der Waals surface area (Å²) in [5.74, 6) is -4.30. The van der Waals surface area contributed by atoms with E-state index in [2.05, 4.69) is 0 Å². The quantitative estimate of drug-likeness (QED) is 0.111. The molecule has 0 bridgehead atoms. The van der Waals surface area contributed by atoms with Crippen LogP contribution >= 0.6 is 0 Å². The second-order valence-corrected chi connectivity index (χ2v) is 9.98. The molecular weight excluding hydrogens is 588 g/mol. The Morgan fingerprint density at radius 1 is 0.932 bits per heavy atom. The summed E-state index contributed by atoms with van der Waals surface area (Å²) < 4.78 is 32.3. The molecule has 4 rings (SSSR count). The second kappa shape index (κ2) is 14.4. The van der Waals surface area contributed by atoms with Crippen LogP contribution in [0.3, 0.4) is 0 Å². The second-order valence-electron chi connectivity index (χ2n) is 9.98. The Morgan fingerprint density at radius 3 is 2.27 bits per heavy atom. The van der Waals surface area contributed by atoms with Crippen molar-refractivity contribution in [1.82, 2.24) is 0 Å². The molecule has 0 saturated carbocycles. The predicted molar refractivity (Wildman–Crippen MR) is 146 cm³/mol. The van der Waals surface area contributed by atoms with Crippen LogP contribution in [0.1, 0.15) is 15.9 Å². The molecule has 15 nitrogen and oxygen atoms in total. The van der Waals surface area contributed by atoms with Gasteiger partial charge in [-0.3, -0.25) is 0 Å². The maximum Gasteiger partial charge on any atom is 0.338 e. The number of aliphatic hydroxyl groups is 6. The van der Waals surface area contributed by atoms with Gasteiger partial charge in [0.25, 0.3) is 0 Å². The van der Waals surface area contributed by atoms with Crippen molar-refractivity contribution < 1.29 is 73.8 Å². The molecule has 2 aromatic carbocycles. The smallest absolute Gasteiger partial charge is 0.338 e. The standard InChI is InChI=1S/C29H34O15/c1-39-18-11-15(7-9-17(18)33)8-10-21(34)41-25-22(35)19(12-30)40-28(23(25)36)44-29(14-32)26(37)24(20(13-31)43-29)42-27(38)16-5-3-2-4-6-16/h2-11,19-20,22-26,28,30-33,35-37H,12-14H2,1H3/b10-8+/t19-,20-,22-,23-,24-,25+,26+,28-,29+/m1/s1. The molecule has 0 spiro atoms. The summed E-state index contributed by atoms with van der Waals surface area (Å²) in [5, 5.41) is 72.3. The van der Waals surface area contributed by atoms with Crippen molar-refractivity contribution >= 4 is 18.0 Å². The first-order chi connectivity index (χ1) is 21.1. The van der Waals surface area contributed by atoms with Crippen LogP contribution in [0.5, 0.6) is 11.5 Å². The number of carbonyl (C=O) groups is 2. The molecule has 0 unspecified atom stereocenters. The first-order valence-electron chi connectivity index (χ1n) is 13.5. The van der Waals surface area contributed by atoms with E-state index in [9.17, 15) is 45.3 Å². The van der Waals surface area contributed by atoms with Crippen LogP contribution in [0.4, 0.5) is 0 Å². The van der Waals surface area contributed by atoms with Gasteiger partial charge in [-0.15, -0.1) is 0 Å². The molecule has 240 valence electrons. The fourth-order valence-corrected chi connectivity index (χ4v) is 4.78. The molecule has 2 fully saturated rings. The number of aliphatic hydroxyl groups excluding tert-OH is 6. The van der Waals surface area contributed by atoms with Crippen molar-refractivity contribution in [1.29, 1.82) is 0 Å². The van der Waals surface area contributed by atoms with E-state index in [0.29, 0.717) is 5.56 Å². The van der Waals surface area contributed by atoms with E-state index in [-0.39, 0.29) is 17.1 Å².